The van der Waals surface area contributed by atoms with Crippen LogP contribution in [0.2, 0.25) is 0 Å². The van der Waals surface area contributed by atoms with E-state index in [0.717, 1.165) is 18.9 Å². The maximum atomic E-state index is 5.87. The van der Waals surface area contributed by atoms with Crippen molar-refractivity contribution >= 4 is 0 Å². The summed E-state index contributed by atoms with van der Waals surface area (Å²) in [6.07, 6.45) is 3.61. The van der Waals surface area contributed by atoms with Crippen molar-refractivity contribution in [2.75, 3.05) is 6.54 Å². The van der Waals surface area contributed by atoms with Crippen LogP contribution in [0, 0.1) is 11.8 Å². The zero-order valence-corrected chi connectivity index (χ0v) is 9.95. The summed E-state index contributed by atoms with van der Waals surface area (Å²) in [5, 5.41) is 0. The molecule has 0 spiro atoms. The molecule has 1 atom stereocenters. The Morgan fingerprint density at radius 3 is 2.07 bits per heavy atom. The van der Waals surface area contributed by atoms with Gasteiger partial charge in [-0.2, -0.15) is 0 Å². The van der Waals surface area contributed by atoms with Gasteiger partial charge in [-0.05, 0) is 30.4 Å². The lowest BCUT2D eigenvalue weighted by molar-refractivity contribution is 0.318. The molecule has 0 amide bonds. The minimum absolute atomic E-state index is 0.641. The van der Waals surface area contributed by atoms with Gasteiger partial charge in [0, 0.05) is 0 Å². The van der Waals surface area contributed by atoms with Crippen molar-refractivity contribution in [1.29, 1.82) is 0 Å². The smallest absolute Gasteiger partial charge is 0.00430 e. The lowest BCUT2D eigenvalue weighted by Crippen LogP contribution is -2.24. The zero-order valence-electron chi connectivity index (χ0n) is 9.95. The molecule has 1 aromatic carbocycles. The number of hydrogen-bond acceptors (Lipinski definition) is 1. The van der Waals surface area contributed by atoms with Gasteiger partial charge in [0.1, 0.15) is 0 Å². The topological polar surface area (TPSA) is 26.0 Å². The fourth-order valence-electron chi connectivity index (χ4n) is 2.31. The fourth-order valence-corrected chi connectivity index (χ4v) is 2.31. The highest BCUT2D eigenvalue weighted by molar-refractivity contribution is 5.15. The predicted molar refractivity (Wildman–Crippen MR) is 66.8 cm³/mol. The summed E-state index contributed by atoms with van der Waals surface area (Å²) < 4.78 is 0. The van der Waals surface area contributed by atoms with E-state index in [1.807, 2.05) is 0 Å². The molecule has 2 N–H and O–H groups in total. The van der Waals surface area contributed by atoms with Crippen LogP contribution < -0.4 is 5.73 Å². The summed E-state index contributed by atoms with van der Waals surface area (Å²) in [4.78, 5) is 0. The Morgan fingerprint density at radius 2 is 1.60 bits per heavy atom. The number of nitrogens with two attached hydrogens (primary N) is 1. The van der Waals surface area contributed by atoms with Crippen LogP contribution in [0.4, 0.5) is 0 Å². The van der Waals surface area contributed by atoms with Crippen LogP contribution >= 0.6 is 0 Å². The maximum absolute atomic E-state index is 5.87. The average molecular weight is 205 g/mol. The van der Waals surface area contributed by atoms with Gasteiger partial charge in [0.25, 0.3) is 0 Å². The molecule has 0 radical (unpaired) electrons. The summed E-state index contributed by atoms with van der Waals surface area (Å²) in [6, 6.07) is 10.7. The molecular weight excluding hydrogens is 182 g/mol. The molecule has 0 aliphatic heterocycles. The Kier molecular flexibility index (Phi) is 5.41. The van der Waals surface area contributed by atoms with Crippen LogP contribution in [0.25, 0.3) is 0 Å². The molecule has 0 heterocycles. The number of benzene rings is 1. The van der Waals surface area contributed by atoms with Crippen molar-refractivity contribution in [2.24, 2.45) is 17.6 Å². The Labute approximate surface area is 93.7 Å². The van der Waals surface area contributed by atoms with Crippen molar-refractivity contribution in [3.05, 3.63) is 35.9 Å². The van der Waals surface area contributed by atoms with E-state index >= 15 is 0 Å². The van der Waals surface area contributed by atoms with E-state index in [1.165, 1.54) is 18.4 Å². The Morgan fingerprint density at radius 1 is 1.00 bits per heavy atom. The first kappa shape index (κ1) is 12.3. The highest BCUT2D eigenvalue weighted by Crippen LogP contribution is 2.22. The SMILES string of the molecule is CCC(CC)C(CN)Cc1ccccc1. The maximum Gasteiger partial charge on any atom is -0.00430 e. The van der Waals surface area contributed by atoms with Gasteiger partial charge in [0.2, 0.25) is 0 Å². The molecule has 0 aliphatic rings. The number of rotatable bonds is 6. The molecule has 0 saturated carbocycles. The standard InChI is InChI=1S/C14H23N/c1-3-13(4-2)14(11-15)10-12-8-6-5-7-9-12/h5-9,13-14H,3-4,10-11,15H2,1-2H3. The molecule has 0 bridgehead atoms. The van der Waals surface area contributed by atoms with Gasteiger partial charge in [-0.3, -0.25) is 0 Å². The highest BCUT2D eigenvalue weighted by atomic mass is 14.6. The third-order valence-corrected chi connectivity index (χ3v) is 3.36. The predicted octanol–water partition coefficient (Wildman–Crippen LogP) is 3.24. The summed E-state index contributed by atoms with van der Waals surface area (Å²) in [5.74, 6) is 1.41. The third kappa shape index (κ3) is 3.67. The molecule has 1 nitrogen and oxygen atoms in total. The molecule has 1 aromatic rings. The monoisotopic (exact) mass is 205 g/mol. The normalized spacial score (nSPS) is 13.1. The molecule has 0 aliphatic carbocycles. The fraction of sp³-hybridized carbons (Fsp3) is 0.571. The third-order valence-electron chi connectivity index (χ3n) is 3.36. The minimum atomic E-state index is 0.641. The van der Waals surface area contributed by atoms with E-state index in [4.69, 9.17) is 5.73 Å². The first-order valence-corrected chi connectivity index (χ1v) is 6.05. The summed E-state index contributed by atoms with van der Waals surface area (Å²) in [7, 11) is 0. The molecule has 0 fully saturated rings. The van der Waals surface area contributed by atoms with Gasteiger partial charge in [0.05, 0.1) is 0 Å². The first-order chi connectivity index (χ1) is 7.31. The van der Waals surface area contributed by atoms with Crippen molar-refractivity contribution < 1.29 is 0 Å². The Bertz CT molecular complexity index is 251. The van der Waals surface area contributed by atoms with Crippen LogP contribution in [0.3, 0.4) is 0 Å². The molecule has 1 unspecified atom stereocenters. The second-order valence-electron chi connectivity index (χ2n) is 4.26. The van der Waals surface area contributed by atoms with Crippen LogP contribution in [0.5, 0.6) is 0 Å². The lowest BCUT2D eigenvalue weighted by Gasteiger charge is -2.23. The lowest BCUT2D eigenvalue weighted by atomic mass is 9.83. The molecule has 1 heteroatoms. The van der Waals surface area contributed by atoms with Gasteiger partial charge in [0.15, 0.2) is 0 Å². The van der Waals surface area contributed by atoms with Gasteiger partial charge < -0.3 is 5.73 Å². The highest BCUT2D eigenvalue weighted by Gasteiger charge is 2.16. The first-order valence-electron chi connectivity index (χ1n) is 6.05. The van der Waals surface area contributed by atoms with Crippen molar-refractivity contribution in [3.8, 4) is 0 Å². The molecule has 1 rings (SSSR count). The molecular formula is C14H23N. The Balaban J connectivity index is 2.61. The number of hydrogen-bond donors (Lipinski definition) is 1. The second-order valence-corrected chi connectivity index (χ2v) is 4.26. The minimum Gasteiger partial charge on any atom is -0.330 e. The average Bonchev–Trinajstić information content (AvgIpc) is 2.30. The van der Waals surface area contributed by atoms with Crippen LogP contribution in [0.1, 0.15) is 32.3 Å². The summed E-state index contributed by atoms with van der Waals surface area (Å²) in [5.41, 5.74) is 7.29. The van der Waals surface area contributed by atoms with Crippen LogP contribution in [-0.2, 0) is 6.42 Å². The van der Waals surface area contributed by atoms with Crippen LogP contribution in [0.15, 0.2) is 30.3 Å². The van der Waals surface area contributed by atoms with E-state index in [1.54, 1.807) is 0 Å². The Hall–Kier alpha value is -0.820. The van der Waals surface area contributed by atoms with Gasteiger partial charge in [-0.1, -0.05) is 57.0 Å². The summed E-state index contributed by atoms with van der Waals surface area (Å²) in [6.45, 7) is 5.34. The van der Waals surface area contributed by atoms with E-state index in [9.17, 15) is 0 Å². The van der Waals surface area contributed by atoms with E-state index < -0.39 is 0 Å². The zero-order chi connectivity index (χ0) is 11.1. The largest absolute Gasteiger partial charge is 0.330 e. The van der Waals surface area contributed by atoms with Gasteiger partial charge in [-0.25, -0.2) is 0 Å². The van der Waals surface area contributed by atoms with E-state index in [-0.39, 0.29) is 0 Å². The van der Waals surface area contributed by atoms with E-state index in [0.29, 0.717) is 5.92 Å². The van der Waals surface area contributed by atoms with Gasteiger partial charge in [-0.15, -0.1) is 0 Å². The second kappa shape index (κ2) is 6.62. The van der Waals surface area contributed by atoms with Crippen LogP contribution in [-0.4, -0.2) is 6.54 Å². The van der Waals surface area contributed by atoms with Crippen molar-refractivity contribution in [1.82, 2.24) is 0 Å². The molecule has 15 heavy (non-hydrogen) atoms. The molecule has 0 saturated heterocycles. The molecule has 0 aromatic heterocycles. The summed E-state index contributed by atoms with van der Waals surface area (Å²) >= 11 is 0. The van der Waals surface area contributed by atoms with Crippen molar-refractivity contribution in [3.63, 3.8) is 0 Å². The quantitative estimate of drug-likeness (QED) is 0.758. The van der Waals surface area contributed by atoms with Gasteiger partial charge >= 0.3 is 0 Å². The van der Waals surface area contributed by atoms with E-state index in [2.05, 4.69) is 44.2 Å². The van der Waals surface area contributed by atoms with Crippen molar-refractivity contribution in [2.45, 2.75) is 33.1 Å². The molecule has 84 valence electrons.